The first-order valence-corrected chi connectivity index (χ1v) is 18.4. The second kappa shape index (κ2) is 11.8. The highest BCUT2D eigenvalue weighted by Gasteiger charge is 2.92. The van der Waals surface area contributed by atoms with Crippen LogP contribution in [0.2, 0.25) is 0 Å². The third-order valence-corrected chi connectivity index (χ3v) is 14.6. The van der Waals surface area contributed by atoms with E-state index in [2.05, 4.69) is 4.90 Å². The summed E-state index contributed by atoms with van der Waals surface area (Å²) in [7, 11) is 4.85. The molecule has 3 unspecified atom stereocenters. The Hall–Kier alpha value is -2.94. The maximum absolute atomic E-state index is 14.1. The molecule has 51 heavy (non-hydrogen) atoms. The average Bonchev–Trinajstić information content (AvgIpc) is 3.61. The molecule has 2 N–H and O–H groups in total. The van der Waals surface area contributed by atoms with Crippen LogP contribution in [-0.2, 0) is 38.1 Å². The van der Waals surface area contributed by atoms with Crippen LogP contribution in [0, 0.1) is 40.4 Å². The van der Waals surface area contributed by atoms with E-state index in [9.17, 15) is 29.4 Å². The lowest BCUT2D eigenvalue weighted by atomic mass is 9.42. The first-order valence-electron chi connectivity index (χ1n) is 18.4. The number of hydrogen-bond donors (Lipinski definition) is 2. The Morgan fingerprint density at radius 1 is 1.06 bits per heavy atom. The monoisotopic (exact) mass is 710 g/mol. The van der Waals surface area contributed by atoms with Gasteiger partial charge in [0.1, 0.15) is 17.3 Å². The number of esters is 2. The van der Waals surface area contributed by atoms with Crippen molar-refractivity contribution in [3.8, 4) is 0 Å². The molecule has 0 radical (unpaired) electrons. The number of hydrogen-bond acceptors (Lipinski definition) is 12. The number of anilines is 1. The molecule has 5 saturated carbocycles. The standard InChI is InChI=1S/C38H50N2O11/c1-7-39-17-35(18-50-33(44)21-10-8-9-11-24(21)40-27(42)14-19(2)32(40)43)13-12-26(48-5)37-23-15-22-25(47-4)16-36(45,28(23)29(22)51-20(3)41)38(46,34(37)39)31(49-6)30(35)37/h8-11,19,22-23,25-26,28-31,34,45-46H,7,12-18H2,1-6H3/t19-,22-,23-,25+,26?,28-,29+,30+,31+,34?,35+,36-,37?,38-/m1/s1. The zero-order chi connectivity index (χ0) is 36.4. The second-order valence-corrected chi connectivity index (χ2v) is 16.3. The number of imide groups is 1. The van der Waals surface area contributed by atoms with E-state index in [0.29, 0.717) is 32.4 Å². The minimum absolute atomic E-state index is 0.0201. The van der Waals surface area contributed by atoms with Crippen molar-refractivity contribution < 1.29 is 53.1 Å². The molecular formula is C38H50N2O11. The van der Waals surface area contributed by atoms with Gasteiger partial charge in [-0.25, -0.2) is 9.69 Å². The molecule has 13 nitrogen and oxygen atoms in total. The Labute approximate surface area is 297 Å². The lowest BCUT2D eigenvalue weighted by Crippen LogP contribution is -2.82. The lowest BCUT2D eigenvalue weighted by molar-refractivity contribution is -0.319. The molecule has 7 bridgehead atoms. The molecule has 8 rings (SSSR count). The van der Waals surface area contributed by atoms with E-state index in [1.54, 1.807) is 52.5 Å². The van der Waals surface area contributed by atoms with E-state index >= 15 is 0 Å². The molecule has 7 fully saturated rings. The first kappa shape index (κ1) is 35.1. The third kappa shape index (κ3) is 4.19. The van der Waals surface area contributed by atoms with Gasteiger partial charge in [0.05, 0.1) is 42.2 Å². The molecule has 1 aromatic rings. The Kier molecular flexibility index (Phi) is 8.11. The van der Waals surface area contributed by atoms with Crippen LogP contribution in [0.4, 0.5) is 5.69 Å². The summed E-state index contributed by atoms with van der Waals surface area (Å²) in [4.78, 5) is 55.9. The quantitative estimate of drug-likeness (QED) is 0.284. The van der Waals surface area contributed by atoms with Crippen molar-refractivity contribution in [2.75, 3.05) is 45.9 Å². The van der Waals surface area contributed by atoms with Gasteiger partial charge in [-0.3, -0.25) is 19.3 Å². The van der Waals surface area contributed by atoms with Gasteiger partial charge in [-0.05, 0) is 43.9 Å². The molecule has 2 amide bonds. The van der Waals surface area contributed by atoms with Gasteiger partial charge in [-0.15, -0.1) is 0 Å². The van der Waals surface area contributed by atoms with Crippen molar-refractivity contribution in [3.63, 3.8) is 0 Å². The largest absolute Gasteiger partial charge is 0.462 e. The van der Waals surface area contributed by atoms with Gasteiger partial charge in [-0.2, -0.15) is 0 Å². The van der Waals surface area contributed by atoms with Gasteiger partial charge in [0, 0.05) is 82.1 Å². The van der Waals surface area contributed by atoms with Crippen molar-refractivity contribution in [1.29, 1.82) is 0 Å². The van der Waals surface area contributed by atoms with E-state index in [-0.39, 0.29) is 60.5 Å². The maximum atomic E-state index is 14.1. The number of nitrogens with zero attached hydrogens (tertiary/aromatic N) is 2. The van der Waals surface area contributed by atoms with Crippen LogP contribution in [0.15, 0.2) is 24.3 Å². The summed E-state index contributed by atoms with van der Waals surface area (Å²) in [5, 5.41) is 26.7. The average molecular weight is 711 g/mol. The highest BCUT2D eigenvalue weighted by Crippen LogP contribution is 2.80. The predicted octanol–water partition coefficient (Wildman–Crippen LogP) is 1.95. The van der Waals surface area contributed by atoms with Gasteiger partial charge in [-0.1, -0.05) is 26.0 Å². The molecule has 2 saturated heterocycles. The van der Waals surface area contributed by atoms with Crippen molar-refractivity contribution >= 4 is 29.4 Å². The Bertz CT molecular complexity index is 1650. The van der Waals surface area contributed by atoms with E-state index in [4.69, 9.17) is 23.7 Å². The van der Waals surface area contributed by atoms with Gasteiger partial charge in [0.15, 0.2) is 0 Å². The van der Waals surface area contributed by atoms with Crippen molar-refractivity contribution in [1.82, 2.24) is 4.90 Å². The zero-order valence-corrected chi connectivity index (χ0v) is 30.2. The van der Waals surface area contributed by atoms with Crippen LogP contribution in [0.1, 0.15) is 63.2 Å². The summed E-state index contributed by atoms with van der Waals surface area (Å²) >= 11 is 0. The minimum atomic E-state index is -1.82. The Morgan fingerprint density at radius 3 is 2.43 bits per heavy atom. The molecule has 0 aromatic heterocycles. The number of rotatable bonds is 9. The third-order valence-electron chi connectivity index (χ3n) is 14.6. The molecule has 1 aromatic carbocycles. The van der Waals surface area contributed by atoms with E-state index < -0.39 is 76.1 Å². The van der Waals surface area contributed by atoms with Gasteiger partial charge in [0.25, 0.3) is 0 Å². The van der Waals surface area contributed by atoms with Crippen LogP contribution >= 0.6 is 0 Å². The maximum Gasteiger partial charge on any atom is 0.340 e. The smallest absolute Gasteiger partial charge is 0.340 e. The fourth-order valence-electron chi connectivity index (χ4n) is 13.2. The molecule has 2 heterocycles. The van der Waals surface area contributed by atoms with Crippen molar-refractivity contribution in [2.24, 2.45) is 40.4 Å². The molecule has 2 aliphatic heterocycles. The second-order valence-electron chi connectivity index (χ2n) is 16.3. The van der Waals surface area contributed by atoms with Crippen LogP contribution in [0.3, 0.4) is 0 Å². The van der Waals surface area contributed by atoms with Gasteiger partial charge in [0.2, 0.25) is 11.8 Å². The Balaban J connectivity index is 1.24. The number of likely N-dealkylation sites (N-methyl/N-ethyl adjacent to an activating group) is 1. The molecule has 1 spiro atoms. The SMILES string of the molecule is CCN1C[C@]2(COC(=O)c3ccccc3N3C(=O)C[C@@H](C)C3=O)CCC(OC)C34C1[C@](O)([C@@H](OC)[C@H]32)[C@@]1(O)C[C@H](OC)[C@H]2C[C@@H]4[C@@H]1[C@H]2OC(C)=O. The number of benzene rings is 1. The number of carbonyl (C=O) groups excluding carboxylic acids is 4. The van der Waals surface area contributed by atoms with Crippen molar-refractivity contribution in [3.05, 3.63) is 29.8 Å². The Morgan fingerprint density at radius 2 is 1.80 bits per heavy atom. The van der Waals surface area contributed by atoms with Crippen LogP contribution in [0.25, 0.3) is 0 Å². The van der Waals surface area contributed by atoms with Crippen LogP contribution in [0.5, 0.6) is 0 Å². The van der Waals surface area contributed by atoms with Gasteiger partial charge < -0.3 is 33.9 Å². The number of amides is 2. The molecular weight excluding hydrogens is 660 g/mol. The first-order chi connectivity index (χ1) is 24.3. The zero-order valence-electron chi connectivity index (χ0n) is 30.2. The molecule has 278 valence electrons. The highest BCUT2D eigenvalue weighted by molar-refractivity contribution is 6.22. The number of likely N-dealkylation sites (tertiary alicyclic amines) is 1. The molecule has 14 atom stereocenters. The number of para-hydroxylation sites is 1. The van der Waals surface area contributed by atoms with E-state index in [1.165, 1.54) is 6.92 Å². The summed E-state index contributed by atoms with van der Waals surface area (Å²) in [6, 6.07) is 5.95. The normalized spacial score (nSPS) is 46.4. The fraction of sp³-hybridized carbons (Fsp3) is 0.737. The number of ether oxygens (including phenoxy) is 5. The topological polar surface area (TPSA) is 161 Å². The number of fused-ring (bicyclic) bond motifs is 2. The summed E-state index contributed by atoms with van der Waals surface area (Å²) in [5.41, 5.74) is -4.72. The van der Waals surface area contributed by atoms with E-state index in [0.717, 1.165) is 4.90 Å². The summed E-state index contributed by atoms with van der Waals surface area (Å²) in [6.45, 7) is 6.10. The van der Waals surface area contributed by atoms with Crippen LogP contribution < -0.4 is 4.90 Å². The molecule has 13 heteroatoms. The lowest BCUT2D eigenvalue weighted by Gasteiger charge is -2.70. The summed E-state index contributed by atoms with van der Waals surface area (Å²) in [6.07, 6.45) is -0.303. The van der Waals surface area contributed by atoms with Crippen molar-refractivity contribution in [2.45, 2.75) is 94.5 Å². The fourth-order valence-corrected chi connectivity index (χ4v) is 13.2. The molecule has 5 aliphatic carbocycles. The van der Waals surface area contributed by atoms with Gasteiger partial charge >= 0.3 is 11.9 Å². The number of aliphatic hydroxyl groups is 2. The molecule has 7 aliphatic rings. The summed E-state index contributed by atoms with van der Waals surface area (Å²) in [5.74, 6) is -3.74. The number of carbonyl (C=O) groups is 4. The number of piperidine rings is 1. The number of methoxy groups -OCH3 is 3. The van der Waals surface area contributed by atoms with E-state index in [1.807, 2.05) is 6.92 Å². The highest BCUT2D eigenvalue weighted by atomic mass is 16.6. The summed E-state index contributed by atoms with van der Waals surface area (Å²) < 4.78 is 31.1. The predicted molar refractivity (Wildman–Crippen MR) is 179 cm³/mol. The van der Waals surface area contributed by atoms with Crippen LogP contribution in [-0.4, -0.2) is 122 Å². The minimum Gasteiger partial charge on any atom is -0.462 e.